The highest BCUT2D eigenvalue weighted by atomic mass is 32.2. The minimum Gasteiger partial charge on any atom is -0.394 e. The summed E-state index contributed by atoms with van der Waals surface area (Å²) in [5, 5.41) is 9.18. The third kappa shape index (κ3) is 5.22. The van der Waals surface area contributed by atoms with Gasteiger partial charge in [-0.15, -0.1) is 0 Å². The van der Waals surface area contributed by atoms with Gasteiger partial charge in [0.05, 0.1) is 24.1 Å². The van der Waals surface area contributed by atoms with Crippen molar-refractivity contribution in [2.45, 2.75) is 38.9 Å². The van der Waals surface area contributed by atoms with Crippen molar-refractivity contribution in [2.24, 2.45) is 0 Å². The molecule has 0 saturated carbocycles. The van der Waals surface area contributed by atoms with Crippen LogP contribution < -0.4 is 0 Å². The van der Waals surface area contributed by atoms with Crippen molar-refractivity contribution in [3.05, 3.63) is 0 Å². The monoisotopic (exact) mass is 279 g/mol. The standard InChI is InChI=1S/C12H25NO4S/c1-4-6-18(15,16)7-5-13-8-11(9-14)17-12(2,3)10-13/h11,14H,4-10H2,1-3H3. The van der Waals surface area contributed by atoms with E-state index in [2.05, 4.69) is 4.90 Å². The molecule has 0 radical (unpaired) electrons. The lowest BCUT2D eigenvalue weighted by Gasteiger charge is -2.42. The Hall–Kier alpha value is -0.170. The number of morpholine rings is 1. The van der Waals surface area contributed by atoms with E-state index in [0.717, 1.165) is 0 Å². The van der Waals surface area contributed by atoms with Crippen LogP contribution in [0.4, 0.5) is 0 Å². The Labute approximate surface area is 110 Å². The highest BCUT2D eigenvalue weighted by Gasteiger charge is 2.33. The number of aliphatic hydroxyl groups is 1. The summed E-state index contributed by atoms with van der Waals surface area (Å²) in [5.41, 5.74) is -0.333. The van der Waals surface area contributed by atoms with Gasteiger partial charge in [0.1, 0.15) is 0 Å². The second kappa shape index (κ2) is 6.32. The van der Waals surface area contributed by atoms with Crippen LogP contribution in [0.1, 0.15) is 27.2 Å². The van der Waals surface area contributed by atoms with Crippen molar-refractivity contribution in [2.75, 3.05) is 37.7 Å². The molecule has 18 heavy (non-hydrogen) atoms. The fraction of sp³-hybridized carbons (Fsp3) is 1.00. The molecule has 0 bridgehead atoms. The van der Waals surface area contributed by atoms with Crippen LogP contribution in [0, 0.1) is 0 Å². The maximum atomic E-state index is 11.7. The zero-order valence-electron chi connectivity index (χ0n) is 11.6. The number of hydrogen-bond acceptors (Lipinski definition) is 5. The Balaban J connectivity index is 2.51. The summed E-state index contributed by atoms with van der Waals surface area (Å²) in [6, 6.07) is 0. The smallest absolute Gasteiger partial charge is 0.151 e. The van der Waals surface area contributed by atoms with Gasteiger partial charge in [0.15, 0.2) is 9.84 Å². The Morgan fingerprint density at radius 2 is 2.06 bits per heavy atom. The van der Waals surface area contributed by atoms with Crippen molar-refractivity contribution in [1.82, 2.24) is 4.90 Å². The first-order valence-electron chi connectivity index (χ1n) is 6.49. The maximum absolute atomic E-state index is 11.7. The highest BCUT2D eigenvalue weighted by Crippen LogP contribution is 2.20. The third-order valence-corrected chi connectivity index (χ3v) is 4.82. The van der Waals surface area contributed by atoms with Crippen LogP contribution in [0.15, 0.2) is 0 Å². The largest absolute Gasteiger partial charge is 0.394 e. The van der Waals surface area contributed by atoms with E-state index in [1.54, 1.807) is 0 Å². The molecule has 0 spiro atoms. The molecule has 1 fully saturated rings. The minimum atomic E-state index is -2.94. The van der Waals surface area contributed by atoms with Gasteiger partial charge in [-0.25, -0.2) is 8.42 Å². The summed E-state index contributed by atoms with van der Waals surface area (Å²) < 4.78 is 29.0. The normalized spacial score (nSPS) is 25.2. The van der Waals surface area contributed by atoms with Gasteiger partial charge in [-0.1, -0.05) is 6.92 Å². The third-order valence-electron chi connectivity index (χ3n) is 2.99. The maximum Gasteiger partial charge on any atom is 0.151 e. The van der Waals surface area contributed by atoms with Crippen molar-refractivity contribution in [3.63, 3.8) is 0 Å². The topological polar surface area (TPSA) is 66.8 Å². The van der Waals surface area contributed by atoms with Crippen LogP contribution in [0.2, 0.25) is 0 Å². The van der Waals surface area contributed by atoms with Crippen LogP contribution >= 0.6 is 0 Å². The van der Waals surface area contributed by atoms with E-state index in [1.807, 2.05) is 20.8 Å². The number of sulfone groups is 1. The molecule has 1 heterocycles. The molecule has 5 nitrogen and oxygen atoms in total. The lowest BCUT2D eigenvalue weighted by molar-refractivity contribution is -0.147. The summed E-state index contributed by atoms with van der Waals surface area (Å²) in [6.07, 6.45) is 0.443. The molecule has 6 heteroatoms. The molecular formula is C12H25NO4S. The Kier molecular flexibility index (Phi) is 5.58. The van der Waals surface area contributed by atoms with E-state index in [4.69, 9.17) is 4.74 Å². The van der Waals surface area contributed by atoms with Gasteiger partial charge in [-0.05, 0) is 20.3 Å². The second-order valence-electron chi connectivity index (χ2n) is 5.57. The second-order valence-corrected chi connectivity index (χ2v) is 7.87. The number of nitrogens with zero attached hydrogens (tertiary/aromatic N) is 1. The van der Waals surface area contributed by atoms with Crippen molar-refractivity contribution < 1.29 is 18.3 Å². The molecule has 0 amide bonds. The summed E-state index contributed by atoms with van der Waals surface area (Å²) in [5.74, 6) is 0.444. The molecule has 1 unspecified atom stereocenters. The number of rotatable bonds is 6. The van der Waals surface area contributed by atoms with E-state index in [1.165, 1.54) is 0 Å². The zero-order valence-corrected chi connectivity index (χ0v) is 12.4. The first kappa shape index (κ1) is 15.9. The fourth-order valence-electron chi connectivity index (χ4n) is 2.36. The van der Waals surface area contributed by atoms with Gasteiger partial charge < -0.3 is 9.84 Å². The van der Waals surface area contributed by atoms with Gasteiger partial charge in [-0.2, -0.15) is 0 Å². The van der Waals surface area contributed by atoms with Crippen LogP contribution in [-0.2, 0) is 14.6 Å². The van der Waals surface area contributed by atoms with Crippen molar-refractivity contribution in [1.29, 1.82) is 0 Å². The molecule has 1 saturated heterocycles. The van der Waals surface area contributed by atoms with Crippen LogP contribution in [0.3, 0.4) is 0 Å². The van der Waals surface area contributed by atoms with E-state index in [-0.39, 0.29) is 29.8 Å². The highest BCUT2D eigenvalue weighted by molar-refractivity contribution is 7.91. The SMILES string of the molecule is CCCS(=O)(=O)CCN1CC(CO)OC(C)(C)C1. The van der Waals surface area contributed by atoms with Gasteiger partial charge >= 0.3 is 0 Å². The molecule has 1 atom stereocenters. The molecule has 108 valence electrons. The number of ether oxygens (including phenoxy) is 1. The van der Waals surface area contributed by atoms with Gasteiger partial charge in [-0.3, -0.25) is 4.90 Å². The Morgan fingerprint density at radius 3 is 2.61 bits per heavy atom. The van der Waals surface area contributed by atoms with E-state index in [0.29, 0.717) is 26.1 Å². The first-order valence-corrected chi connectivity index (χ1v) is 8.31. The minimum absolute atomic E-state index is 0.0262. The molecule has 1 N–H and O–H groups in total. The molecule has 0 aromatic heterocycles. The van der Waals surface area contributed by atoms with Gasteiger partial charge in [0, 0.05) is 25.4 Å². The number of aliphatic hydroxyl groups excluding tert-OH is 1. The molecule has 0 aromatic rings. The van der Waals surface area contributed by atoms with Crippen LogP contribution in [-0.4, -0.2) is 67.9 Å². The van der Waals surface area contributed by atoms with Gasteiger partial charge in [0.25, 0.3) is 0 Å². The fourth-order valence-corrected chi connectivity index (χ4v) is 3.73. The predicted octanol–water partition coefficient (Wildman–Crippen LogP) is 0.283. The van der Waals surface area contributed by atoms with Gasteiger partial charge in [0.2, 0.25) is 0 Å². The van der Waals surface area contributed by atoms with Crippen LogP contribution in [0.25, 0.3) is 0 Å². The quantitative estimate of drug-likeness (QED) is 0.756. The lowest BCUT2D eigenvalue weighted by Crippen LogP contribution is -2.54. The zero-order chi connectivity index (χ0) is 13.8. The molecule has 1 rings (SSSR count). The summed E-state index contributed by atoms with van der Waals surface area (Å²) >= 11 is 0. The molecule has 0 aromatic carbocycles. The molecule has 0 aliphatic carbocycles. The molecule has 1 aliphatic heterocycles. The average Bonchev–Trinajstić information content (AvgIpc) is 2.24. The van der Waals surface area contributed by atoms with Crippen LogP contribution in [0.5, 0.6) is 0 Å². The van der Waals surface area contributed by atoms with E-state index >= 15 is 0 Å². The summed E-state index contributed by atoms with van der Waals surface area (Å²) in [7, 11) is -2.94. The van der Waals surface area contributed by atoms with E-state index < -0.39 is 9.84 Å². The summed E-state index contributed by atoms with van der Waals surface area (Å²) in [6.45, 7) is 7.59. The Bertz CT molecular complexity index is 353. The molecular weight excluding hydrogens is 254 g/mol. The lowest BCUT2D eigenvalue weighted by atomic mass is 10.1. The summed E-state index contributed by atoms with van der Waals surface area (Å²) in [4.78, 5) is 2.07. The Morgan fingerprint density at radius 1 is 1.39 bits per heavy atom. The average molecular weight is 279 g/mol. The predicted molar refractivity (Wildman–Crippen MR) is 71.4 cm³/mol. The van der Waals surface area contributed by atoms with Crippen molar-refractivity contribution >= 4 is 9.84 Å². The first-order chi connectivity index (χ1) is 8.28. The molecule has 1 aliphatic rings. The number of hydrogen-bond donors (Lipinski definition) is 1. The van der Waals surface area contributed by atoms with Crippen molar-refractivity contribution in [3.8, 4) is 0 Å². The van der Waals surface area contributed by atoms with E-state index in [9.17, 15) is 13.5 Å².